The van der Waals surface area contributed by atoms with Crippen molar-refractivity contribution in [3.63, 3.8) is 0 Å². The van der Waals surface area contributed by atoms with Crippen molar-refractivity contribution in [2.45, 2.75) is 6.61 Å². The van der Waals surface area contributed by atoms with Gasteiger partial charge in [-0.1, -0.05) is 24.3 Å². The molecule has 0 bridgehead atoms. The van der Waals surface area contributed by atoms with E-state index in [1.807, 2.05) is 0 Å². The quantitative estimate of drug-likeness (QED) is 0.382. The van der Waals surface area contributed by atoms with Gasteiger partial charge in [0.1, 0.15) is 23.7 Å². The van der Waals surface area contributed by atoms with Gasteiger partial charge in [-0.15, -0.1) is 11.3 Å². The molecular formula is C23H17FN2O5S. The van der Waals surface area contributed by atoms with Crippen LogP contribution in [0.2, 0.25) is 0 Å². The minimum atomic E-state index is -0.623. The van der Waals surface area contributed by atoms with Gasteiger partial charge in [-0.2, -0.15) is 0 Å². The number of benzene rings is 2. The number of thiazole rings is 1. The number of carbonyl (C=O) groups is 2. The number of nitrogens with zero attached hydrogens (tertiary/aromatic N) is 1. The molecule has 0 unspecified atom stereocenters. The molecular weight excluding hydrogens is 435 g/mol. The first-order valence-electron chi connectivity index (χ1n) is 9.52. The Morgan fingerprint density at radius 3 is 2.69 bits per heavy atom. The van der Waals surface area contributed by atoms with Gasteiger partial charge in [0.25, 0.3) is 5.91 Å². The van der Waals surface area contributed by atoms with Gasteiger partial charge in [0.2, 0.25) is 0 Å². The average Bonchev–Trinajstić information content (AvgIpc) is 3.50. The SMILES string of the molecule is O=C(COc1ccccc1C(=O)OCc1csc(-c2ccco2)n1)Nc1ccccc1F. The molecule has 0 atom stereocenters. The van der Waals surface area contributed by atoms with Crippen LogP contribution < -0.4 is 10.1 Å². The molecule has 162 valence electrons. The number of nitrogens with one attached hydrogen (secondary N) is 1. The smallest absolute Gasteiger partial charge is 0.342 e. The van der Waals surface area contributed by atoms with Crippen LogP contribution in [-0.4, -0.2) is 23.5 Å². The Morgan fingerprint density at radius 2 is 1.88 bits per heavy atom. The maximum atomic E-state index is 13.7. The zero-order chi connectivity index (χ0) is 22.3. The Balaban J connectivity index is 1.34. The summed E-state index contributed by atoms with van der Waals surface area (Å²) in [5, 5.41) is 4.88. The van der Waals surface area contributed by atoms with Crippen LogP contribution in [0.4, 0.5) is 10.1 Å². The molecule has 32 heavy (non-hydrogen) atoms. The van der Waals surface area contributed by atoms with Crippen molar-refractivity contribution in [3.8, 4) is 16.5 Å². The van der Waals surface area contributed by atoms with Crippen LogP contribution in [0.25, 0.3) is 10.8 Å². The van der Waals surface area contributed by atoms with Crippen LogP contribution in [-0.2, 0) is 16.1 Å². The van der Waals surface area contributed by atoms with Crippen LogP contribution in [0.1, 0.15) is 16.1 Å². The highest BCUT2D eigenvalue weighted by Gasteiger charge is 2.16. The van der Waals surface area contributed by atoms with Crippen LogP contribution >= 0.6 is 11.3 Å². The highest BCUT2D eigenvalue weighted by molar-refractivity contribution is 7.13. The molecule has 4 rings (SSSR count). The number of hydrogen-bond donors (Lipinski definition) is 1. The number of esters is 1. The molecule has 0 aliphatic rings. The summed E-state index contributed by atoms with van der Waals surface area (Å²) in [6, 6.07) is 15.8. The lowest BCUT2D eigenvalue weighted by atomic mass is 10.2. The third-order valence-electron chi connectivity index (χ3n) is 4.25. The second kappa shape index (κ2) is 9.88. The Kier molecular flexibility index (Phi) is 6.57. The first kappa shape index (κ1) is 21.3. The van der Waals surface area contributed by atoms with Crippen molar-refractivity contribution in [2.24, 2.45) is 0 Å². The Hall–Kier alpha value is -3.98. The van der Waals surface area contributed by atoms with Gasteiger partial charge in [0.15, 0.2) is 17.4 Å². The van der Waals surface area contributed by atoms with Crippen molar-refractivity contribution in [2.75, 3.05) is 11.9 Å². The molecule has 4 aromatic rings. The standard InChI is InChI=1S/C23H17FN2O5S/c24-17-7-2-3-8-18(17)26-21(27)13-30-19-9-4-1-6-16(19)23(28)31-12-15-14-32-22(25-15)20-10-5-11-29-20/h1-11,14H,12-13H2,(H,26,27). The van der Waals surface area contributed by atoms with E-state index >= 15 is 0 Å². The highest BCUT2D eigenvalue weighted by atomic mass is 32.1. The molecule has 9 heteroatoms. The van der Waals surface area contributed by atoms with Gasteiger partial charge in [0.05, 0.1) is 17.6 Å². The van der Waals surface area contributed by atoms with E-state index in [-0.39, 0.29) is 23.6 Å². The summed E-state index contributed by atoms with van der Waals surface area (Å²) >= 11 is 1.38. The predicted octanol–water partition coefficient (Wildman–Crippen LogP) is 4.92. The summed E-state index contributed by atoms with van der Waals surface area (Å²) in [4.78, 5) is 29.0. The molecule has 0 saturated carbocycles. The molecule has 0 radical (unpaired) electrons. The number of para-hydroxylation sites is 2. The third kappa shape index (κ3) is 5.19. The minimum Gasteiger partial charge on any atom is -0.483 e. The highest BCUT2D eigenvalue weighted by Crippen LogP contribution is 2.25. The summed E-state index contributed by atoms with van der Waals surface area (Å²) in [5.74, 6) is -0.924. The third-order valence-corrected chi connectivity index (χ3v) is 5.15. The lowest BCUT2D eigenvalue weighted by Crippen LogP contribution is -2.21. The molecule has 7 nitrogen and oxygen atoms in total. The number of carbonyl (C=O) groups excluding carboxylic acids is 2. The first-order chi connectivity index (χ1) is 15.6. The van der Waals surface area contributed by atoms with Crippen molar-refractivity contribution >= 4 is 28.9 Å². The van der Waals surface area contributed by atoms with Gasteiger partial charge in [-0.3, -0.25) is 4.79 Å². The molecule has 0 aliphatic carbocycles. The van der Waals surface area contributed by atoms with E-state index in [2.05, 4.69) is 10.3 Å². The number of hydrogen-bond acceptors (Lipinski definition) is 7. The zero-order valence-corrected chi connectivity index (χ0v) is 17.4. The molecule has 0 spiro atoms. The van der Waals surface area contributed by atoms with E-state index in [4.69, 9.17) is 13.9 Å². The van der Waals surface area contributed by atoms with Gasteiger partial charge >= 0.3 is 5.97 Å². The number of amides is 1. The van der Waals surface area contributed by atoms with E-state index < -0.39 is 24.3 Å². The molecule has 0 fully saturated rings. The molecule has 0 aliphatic heterocycles. The fourth-order valence-electron chi connectivity index (χ4n) is 2.76. The van der Waals surface area contributed by atoms with E-state index in [0.717, 1.165) is 0 Å². The lowest BCUT2D eigenvalue weighted by Gasteiger charge is -2.11. The Bertz CT molecular complexity index is 1220. The van der Waals surface area contributed by atoms with Crippen LogP contribution in [0.3, 0.4) is 0 Å². The molecule has 1 N–H and O–H groups in total. The fraction of sp³-hybridized carbons (Fsp3) is 0.0870. The van der Waals surface area contributed by atoms with Crippen molar-refractivity contribution in [1.82, 2.24) is 4.98 Å². The molecule has 2 aromatic carbocycles. The van der Waals surface area contributed by atoms with Crippen LogP contribution in [0.15, 0.2) is 76.7 Å². The topological polar surface area (TPSA) is 90.7 Å². The molecule has 0 saturated heterocycles. The summed E-state index contributed by atoms with van der Waals surface area (Å²) in [5.41, 5.74) is 0.788. The van der Waals surface area contributed by atoms with Gasteiger partial charge in [-0.25, -0.2) is 14.2 Å². The van der Waals surface area contributed by atoms with Crippen LogP contribution in [0.5, 0.6) is 5.75 Å². The predicted molar refractivity (Wildman–Crippen MR) is 116 cm³/mol. The van der Waals surface area contributed by atoms with Gasteiger partial charge in [0, 0.05) is 5.38 Å². The van der Waals surface area contributed by atoms with Crippen molar-refractivity contribution in [1.29, 1.82) is 0 Å². The van der Waals surface area contributed by atoms with E-state index in [9.17, 15) is 14.0 Å². The molecule has 2 heterocycles. The van der Waals surface area contributed by atoms with E-state index in [1.165, 1.54) is 35.6 Å². The van der Waals surface area contributed by atoms with Gasteiger partial charge < -0.3 is 19.2 Å². The monoisotopic (exact) mass is 452 g/mol. The summed E-state index contributed by atoms with van der Waals surface area (Å²) in [7, 11) is 0. The summed E-state index contributed by atoms with van der Waals surface area (Å²) in [6.07, 6.45) is 1.56. The van der Waals surface area contributed by atoms with Crippen molar-refractivity contribution in [3.05, 3.63) is 89.4 Å². The summed E-state index contributed by atoms with van der Waals surface area (Å²) < 4.78 is 29.8. The Labute approximate surface area is 186 Å². The lowest BCUT2D eigenvalue weighted by molar-refractivity contribution is -0.118. The van der Waals surface area contributed by atoms with Crippen LogP contribution in [0, 0.1) is 5.82 Å². The number of rotatable bonds is 8. The molecule has 2 aromatic heterocycles. The van der Waals surface area contributed by atoms with Crippen molar-refractivity contribution < 1.29 is 27.9 Å². The second-order valence-electron chi connectivity index (χ2n) is 6.51. The largest absolute Gasteiger partial charge is 0.483 e. The second-order valence-corrected chi connectivity index (χ2v) is 7.37. The molecule has 1 amide bonds. The van der Waals surface area contributed by atoms with E-state index in [0.29, 0.717) is 16.5 Å². The number of furan rings is 1. The van der Waals surface area contributed by atoms with E-state index in [1.54, 1.807) is 48.0 Å². The maximum Gasteiger partial charge on any atom is 0.342 e. The fourth-order valence-corrected chi connectivity index (χ4v) is 3.53. The summed E-state index contributed by atoms with van der Waals surface area (Å²) in [6.45, 7) is -0.435. The maximum absolute atomic E-state index is 13.7. The Morgan fingerprint density at radius 1 is 1.06 bits per heavy atom. The van der Waals surface area contributed by atoms with Gasteiger partial charge in [-0.05, 0) is 36.4 Å². The number of halogens is 1. The minimum absolute atomic E-state index is 0.0296. The number of aromatic nitrogens is 1. The zero-order valence-electron chi connectivity index (χ0n) is 16.6. The number of anilines is 1. The normalized spacial score (nSPS) is 10.5. The average molecular weight is 452 g/mol. The number of ether oxygens (including phenoxy) is 2. The first-order valence-corrected chi connectivity index (χ1v) is 10.4.